The van der Waals surface area contributed by atoms with Gasteiger partial charge in [0, 0.05) is 37.8 Å². The fraction of sp³-hybridized carbons (Fsp3) is 0.636. The van der Waals surface area contributed by atoms with Gasteiger partial charge in [0.1, 0.15) is 5.78 Å². The quantitative estimate of drug-likeness (QED) is 0.736. The number of carbonyl (C=O) groups is 1. The van der Waals surface area contributed by atoms with E-state index in [2.05, 4.69) is 10.4 Å². The molecule has 0 amide bonds. The summed E-state index contributed by atoms with van der Waals surface area (Å²) in [5, 5.41) is 7.63. The lowest BCUT2D eigenvalue weighted by atomic mass is 9.89. The SMILES string of the molecule is Cc1nn(C)c(C)c1C1CNCCC1=O. The lowest BCUT2D eigenvalue weighted by Gasteiger charge is -2.22. The maximum Gasteiger partial charge on any atom is 0.143 e. The number of aromatic nitrogens is 2. The van der Waals surface area contributed by atoms with Crippen LogP contribution in [-0.4, -0.2) is 28.7 Å². The highest BCUT2D eigenvalue weighted by molar-refractivity contribution is 5.87. The van der Waals surface area contributed by atoms with Crippen molar-refractivity contribution in [2.45, 2.75) is 26.2 Å². The molecule has 1 aliphatic rings. The molecule has 1 atom stereocenters. The van der Waals surface area contributed by atoms with Gasteiger partial charge in [-0.1, -0.05) is 0 Å². The molecule has 0 aliphatic carbocycles. The Labute approximate surface area is 89.7 Å². The molecule has 1 N–H and O–H groups in total. The Morgan fingerprint density at radius 2 is 2.20 bits per heavy atom. The third kappa shape index (κ3) is 1.69. The first-order valence-corrected chi connectivity index (χ1v) is 5.34. The first-order chi connectivity index (χ1) is 7.11. The van der Waals surface area contributed by atoms with Gasteiger partial charge >= 0.3 is 0 Å². The fourth-order valence-corrected chi connectivity index (χ4v) is 2.30. The molecule has 2 heterocycles. The maximum atomic E-state index is 11.8. The molecule has 1 fully saturated rings. The molecule has 2 rings (SSSR count). The Bertz CT molecular complexity index is 395. The van der Waals surface area contributed by atoms with E-state index >= 15 is 0 Å². The molecule has 82 valence electrons. The average Bonchev–Trinajstić information content (AvgIpc) is 2.43. The van der Waals surface area contributed by atoms with Gasteiger partial charge < -0.3 is 5.32 Å². The van der Waals surface area contributed by atoms with Crippen LogP contribution >= 0.6 is 0 Å². The number of piperidine rings is 1. The Morgan fingerprint density at radius 1 is 1.47 bits per heavy atom. The van der Waals surface area contributed by atoms with Crippen molar-refractivity contribution in [3.8, 4) is 0 Å². The second-order valence-corrected chi connectivity index (χ2v) is 4.18. The Kier molecular flexibility index (Phi) is 2.61. The predicted octanol–water partition coefficient (Wildman–Crippen LogP) is 0.683. The number of hydrogen-bond donors (Lipinski definition) is 1. The van der Waals surface area contributed by atoms with Crippen LogP contribution in [0.1, 0.15) is 29.3 Å². The van der Waals surface area contributed by atoms with Gasteiger partial charge in [0.05, 0.1) is 11.6 Å². The summed E-state index contributed by atoms with van der Waals surface area (Å²) in [6.07, 6.45) is 0.637. The van der Waals surface area contributed by atoms with Gasteiger partial charge in [-0.05, 0) is 13.8 Å². The molecule has 1 aromatic rings. The van der Waals surface area contributed by atoms with Crippen LogP contribution in [0.25, 0.3) is 0 Å². The summed E-state index contributed by atoms with van der Waals surface area (Å²) in [5.41, 5.74) is 3.21. The first kappa shape index (κ1) is 10.4. The molecule has 0 aromatic carbocycles. The highest BCUT2D eigenvalue weighted by atomic mass is 16.1. The Hall–Kier alpha value is -1.16. The van der Waals surface area contributed by atoms with E-state index in [4.69, 9.17) is 0 Å². The standard InChI is InChI=1S/C11H17N3O/c1-7-11(8(2)14(3)13-7)9-6-12-5-4-10(9)15/h9,12H,4-6H2,1-3H3. The average molecular weight is 207 g/mol. The minimum absolute atomic E-state index is 0.00690. The normalized spacial score (nSPS) is 22.1. The maximum absolute atomic E-state index is 11.8. The van der Waals surface area contributed by atoms with E-state index < -0.39 is 0 Å². The van der Waals surface area contributed by atoms with Crippen molar-refractivity contribution in [3.05, 3.63) is 17.0 Å². The summed E-state index contributed by atoms with van der Waals surface area (Å²) in [6.45, 7) is 5.57. The van der Waals surface area contributed by atoms with Crippen LogP contribution in [0.2, 0.25) is 0 Å². The van der Waals surface area contributed by atoms with Gasteiger partial charge in [-0.3, -0.25) is 9.48 Å². The molecule has 0 spiro atoms. The van der Waals surface area contributed by atoms with E-state index in [0.717, 1.165) is 30.0 Å². The van der Waals surface area contributed by atoms with E-state index in [9.17, 15) is 4.79 Å². The summed E-state index contributed by atoms with van der Waals surface area (Å²) < 4.78 is 1.85. The first-order valence-electron chi connectivity index (χ1n) is 5.34. The van der Waals surface area contributed by atoms with Crippen molar-refractivity contribution in [2.24, 2.45) is 7.05 Å². The summed E-state index contributed by atoms with van der Waals surface area (Å²) >= 11 is 0. The van der Waals surface area contributed by atoms with E-state index in [0.29, 0.717) is 12.2 Å². The zero-order valence-corrected chi connectivity index (χ0v) is 9.50. The van der Waals surface area contributed by atoms with Crippen molar-refractivity contribution in [1.29, 1.82) is 0 Å². The fourth-order valence-electron chi connectivity index (χ4n) is 2.30. The van der Waals surface area contributed by atoms with Crippen molar-refractivity contribution in [2.75, 3.05) is 13.1 Å². The van der Waals surface area contributed by atoms with Gasteiger partial charge in [0.15, 0.2) is 0 Å². The molecule has 1 saturated heterocycles. The number of ketones is 1. The number of nitrogens with zero attached hydrogens (tertiary/aromatic N) is 2. The molecular formula is C11H17N3O. The molecule has 0 saturated carbocycles. The molecule has 0 bridgehead atoms. The van der Waals surface area contributed by atoms with Crippen LogP contribution < -0.4 is 5.32 Å². The summed E-state index contributed by atoms with van der Waals surface area (Å²) in [5.74, 6) is 0.348. The monoisotopic (exact) mass is 207 g/mol. The van der Waals surface area contributed by atoms with Crippen LogP contribution in [0.4, 0.5) is 0 Å². The van der Waals surface area contributed by atoms with Crippen molar-refractivity contribution in [3.63, 3.8) is 0 Å². The number of hydrogen-bond acceptors (Lipinski definition) is 3. The van der Waals surface area contributed by atoms with Crippen molar-refractivity contribution >= 4 is 5.78 Å². The molecule has 1 aliphatic heterocycles. The minimum atomic E-state index is 0.00690. The van der Waals surface area contributed by atoms with Crippen LogP contribution in [0, 0.1) is 13.8 Å². The minimum Gasteiger partial charge on any atom is -0.315 e. The summed E-state index contributed by atoms with van der Waals surface area (Å²) in [7, 11) is 1.92. The molecule has 1 unspecified atom stereocenters. The molecular weight excluding hydrogens is 190 g/mol. The zero-order chi connectivity index (χ0) is 11.0. The molecule has 1 aromatic heterocycles. The number of nitrogens with one attached hydrogen (secondary N) is 1. The molecule has 4 heteroatoms. The van der Waals surface area contributed by atoms with Crippen LogP contribution in [0.15, 0.2) is 0 Å². The topological polar surface area (TPSA) is 46.9 Å². The second kappa shape index (κ2) is 3.77. The Morgan fingerprint density at radius 3 is 2.73 bits per heavy atom. The van der Waals surface area contributed by atoms with Gasteiger partial charge in [-0.2, -0.15) is 5.10 Å². The lowest BCUT2D eigenvalue weighted by Crippen LogP contribution is -2.35. The predicted molar refractivity (Wildman–Crippen MR) is 57.9 cm³/mol. The summed E-state index contributed by atoms with van der Waals surface area (Å²) in [6, 6.07) is 0. The van der Waals surface area contributed by atoms with E-state index in [1.807, 2.05) is 25.6 Å². The van der Waals surface area contributed by atoms with Gasteiger partial charge in [-0.15, -0.1) is 0 Å². The third-order valence-corrected chi connectivity index (χ3v) is 3.20. The van der Waals surface area contributed by atoms with Crippen molar-refractivity contribution in [1.82, 2.24) is 15.1 Å². The van der Waals surface area contributed by atoms with Crippen molar-refractivity contribution < 1.29 is 4.79 Å². The third-order valence-electron chi connectivity index (χ3n) is 3.20. The largest absolute Gasteiger partial charge is 0.315 e. The van der Waals surface area contributed by atoms with E-state index in [-0.39, 0.29) is 5.92 Å². The van der Waals surface area contributed by atoms with Crippen LogP contribution in [0.5, 0.6) is 0 Å². The summed E-state index contributed by atoms with van der Waals surface area (Å²) in [4.78, 5) is 11.8. The zero-order valence-electron chi connectivity index (χ0n) is 9.50. The van der Waals surface area contributed by atoms with E-state index in [1.54, 1.807) is 0 Å². The van der Waals surface area contributed by atoms with Crippen LogP contribution in [-0.2, 0) is 11.8 Å². The van der Waals surface area contributed by atoms with Gasteiger partial charge in [0.2, 0.25) is 0 Å². The number of rotatable bonds is 1. The lowest BCUT2D eigenvalue weighted by molar-refractivity contribution is -0.121. The van der Waals surface area contributed by atoms with Crippen LogP contribution in [0.3, 0.4) is 0 Å². The molecule has 4 nitrogen and oxygen atoms in total. The van der Waals surface area contributed by atoms with Gasteiger partial charge in [-0.25, -0.2) is 0 Å². The molecule has 0 radical (unpaired) electrons. The van der Waals surface area contributed by atoms with Gasteiger partial charge in [0.25, 0.3) is 0 Å². The van der Waals surface area contributed by atoms with E-state index in [1.165, 1.54) is 0 Å². The Balaban J connectivity index is 2.39. The smallest absolute Gasteiger partial charge is 0.143 e. The highest BCUT2D eigenvalue weighted by Crippen LogP contribution is 2.25. The number of aryl methyl sites for hydroxylation is 2. The highest BCUT2D eigenvalue weighted by Gasteiger charge is 2.28. The number of Topliss-reactive ketones (excluding diaryl/α,β-unsaturated/α-hetero) is 1. The second-order valence-electron chi connectivity index (χ2n) is 4.18. The molecule has 15 heavy (non-hydrogen) atoms. The number of carbonyl (C=O) groups excluding carboxylic acids is 1.